The molecule has 0 rings (SSSR count). The highest BCUT2D eigenvalue weighted by Gasteiger charge is 1.93. The first-order chi connectivity index (χ1) is 5.91. The molecule has 78 valence electrons. The summed E-state index contributed by atoms with van der Waals surface area (Å²) in [5.74, 6) is -0.316. The Morgan fingerprint density at radius 2 is 1.77 bits per heavy atom. The van der Waals surface area contributed by atoms with Gasteiger partial charge in [-0.2, -0.15) is 0 Å². The lowest BCUT2D eigenvalue weighted by Crippen LogP contribution is -2.11. The molecule has 0 saturated carbocycles. The number of rotatable bonds is 3. The van der Waals surface area contributed by atoms with Crippen LogP contribution in [-0.2, 0) is 4.79 Å². The second-order valence-corrected chi connectivity index (χ2v) is 3.38. The van der Waals surface area contributed by atoms with Crippen molar-refractivity contribution in [1.82, 2.24) is 4.90 Å². The Kier molecular flexibility index (Phi) is 10.5. The van der Waals surface area contributed by atoms with Crippen LogP contribution in [0.15, 0.2) is 11.6 Å². The summed E-state index contributed by atoms with van der Waals surface area (Å²) in [5.41, 5.74) is 5.63. The second-order valence-electron chi connectivity index (χ2n) is 3.38. The van der Waals surface area contributed by atoms with E-state index in [4.69, 9.17) is 5.73 Å². The number of unbranched alkanes of at least 4 members (excludes halogenated alkanes) is 1. The molecule has 0 aromatic heterocycles. The van der Waals surface area contributed by atoms with Crippen molar-refractivity contribution in [2.45, 2.75) is 26.7 Å². The van der Waals surface area contributed by atoms with Gasteiger partial charge >= 0.3 is 0 Å². The summed E-state index contributed by atoms with van der Waals surface area (Å²) in [6, 6.07) is 0. The predicted molar refractivity (Wildman–Crippen MR) is 57.5 cm³/mol. The van der Waals surface area contributed by atoms with E-state index in [9.17, 15) is 4.79 Å². The lowest BCUT2D eigenvalue weighted by Gasteiger charge is -1.90. The SMILES string of the molecule is CCCC=C(C)C(N)=O.CN(C)C. The van der Waals surface area contributed by atoms with Crippen molar-refractivity contribution >= 4 is 5.91 Å². The number of carbonyl (C=O) groups is 1. The van der Waals surface area contributed by atoms with Gasteiger partial charge in [0.2, 0.25) is 5.91 Å². The van der Waals surface area contributed by atoms with Gasteiger partial charge in [0.1, 0.15) is 0 Å². The molecule has 0 fully saturated rings. The molecule has 0 unspecified atom stereocenters. The van der Waals surface area contributed by atoms with Crippen LogP contribution >= 0.6 is 0 Å². The first kappa shape index (κ1) is 14.7. The molecule has 0 aliphatic heterocycles. The molecule has 3 heteroatoms. The number of hydrogen-bond donors (Lipinski definition) is 1. The van der Waals surface area contributed by atoms with Crippen LogP contribution < -0.4 is 5.73 Å². The summed E-state index contributed by atoms with van der Waals surface area (Å²) in [4.78, 5) is 12.4. The summed E-state index contributed by atoms with van der Waals surface area (Å²) >= 11 is 0. The van der Waals surface area contributed by atoms with Crippen molar-refractivity contribution in [1.29, 1.82) is 0 Å². The van der Waals surface area contributed by atoms with Crippen LogP contribution in [0.1, 0.15) is 26.7 Å². The maximum atomic E-state index is 10.4. The van der Waals surface area contributed by atoms with Crippen LogP contribution in [0.3, 0.4) is 0 Å². The number of amides is 1. The minimum atomic E-state index is -0.316. The van der Waals surface area contributed by atoms with Gasteiger partial charge in [0.15, 0.2) is 0 Å². The monoisotopic (exact) mass is 186 g/mol. The molecule has 3 nitrogen and oxygen atoms in total. The van der Waals surface area contributed by atoms with E-state index < -0.39 is 0 Å². The van der Waals surface area contributed by atoms with E-state index in [0.717, 1.165) is 12.8 Å². The van der Waals surface area contributed by atoms with Gasteiger partial charge in [-0.25, -0.2) is 0 Å². The first-order valence-corrected chi connectivity index (χ1v) is 4.49. The van der Waals surface area contributed by atoms with Crippen molar-refractivity contribution in [3.8, 4) is 0 Å². The zero-order chi connectivity index (χ0) is 10.9. The highest BCUT2D eigenvalue weighted by atomic mass is 16.1. The molecular weight excluding hydrogens is 164 g/mol. The van der Waals surface area contributed by atoms with Gasteiger partial charge in [0, 0.05) is 5.57 Å². The molecule has 0 aliphatic carbocycles. The lowest BCUT2D eigenvalue weighted by molar-refractivity contribution is -0.114. The molecule has 0 aliphatic rings. The van der Waals surface area contributed by atoms with Crippen LogP contribution in [0, 0.1) is 0 Å². The molecule has 1 amide bonds. The number of nitrogens with zero attached hydrogens (tertiary/aromatic N) is 1. The van der Waals surface area contributed by atoms with Crippen molar-refractivity contribution in [3.63, 3.8) is 0 Å². The Bertz CT molecular complexity index is 160. The largest absolute Gasteiger partial charge is 0.366 e. The molecule has 2 N–H and O–H groups in total. The van der Waals surface area contributed by atoms with Gasteiger partial charge in [0.25, 0.3) is 0 Å². The Hall–Kier alpha value is -0.830. The van der Waals surface area contributed by atoms with Crippen LogP contribution in [0.25, 0.3) is 0 Å². The van der Waals surface area contributed by atoms with Crippen molar-refractivity contribution < 1.29 is 4.79 Å². The van der Waals surface area contributed by atoms with Crippen LogP contribution in [0.2, 0.25) is 0 Å². The van der Waals surface area contributed by atoms with Gasteiger partial charge in [0.05, 0.1) is 0 Å². The van der Waals surface area contributed by atoms with Crippen LogP contribution in [0.4, 0.5) is 0 Å². The summed E-state index contributed by atoms with van der Waals surface area (Å²) in [5, 5.41) is 0. The average Bonchev–Trinajstić information content (AvgIpc) is 1.98. The maximum absolute atomic E-state index is 10.4. The number of primary amides is 1. The summed E-state index contributed by atoms with van der Waals surface area (Å²) in [6.45, 7) is 3.79. The fraction of sp³-hybridized carbons (Fsp3) is 0.700. The molecule has 0 aromatic rings. The minimum Gasteiger partial charge on any atom is -0.366 e. The Morgan fingerprint density at radius 1 is 1.38 bits per heavy atom. The standard InChI is InChI=1S/C7H13NO.C3H9N/c1-3-4-5-6(2)7(8)9;1-4(2)3/h5H,3-4H2,1-2H3,(H2,8,9);1-3H3. The molecule has 0 spiro atoms. The molecule has 0 heterocycles. The van der Waals surface area contributed by atoms with E-state index >= 15 is 0 Å². The Labute approximate surface area is 81.6 Å². The zero-order valence-corrected chi connectivity index (χ0v) is 9.42. The minimum absolute atomic E-state index is 0.316. The van der Waals surface area contributed by atoms with E-state index in [-0.39, 0.29) is 5.91 Å². The van der Waals surface area contributed by atoms with Gasteiger partial charge < -0.3 is 10.6 Å². The third-order valence-electron chi connectivity index (χ3n) is 1.13. The predicted octanol–water partition coefficient (Wildman–Crippen LogP) is 1.40. The van der Waals surface area contributed by atoms with E-state index in [2.05, 4.69) is 6.92 Å². The number of carbonyl (C=O) groups excluding carboxylic acids is 1. The Balaban J connectivity index is 0. The molecule has 0 bridgehead atoms. The summed E-state index contributed by atoms with van der Waals surface area (Å²) in [7, 11) is 6.00. The maximum Gasteiger partial charge on any atom is 0.244 e. The lowest BCUT2D eigenvalue weighted by atomic mass is 10.2. The van der Waals surface area contributed by atoms with Crippen molar-refractivity contribution in [2.75, 3.05) is 21.1 Å². The molecule has 0 radical (unpaired) electrons. The third kappa shape index (κ3) is 18.3. The normalized spacial score (nSPS) is 10.8. The van der Waals surface area contributed by atoms with E-state index in [1.165, 1.54) is 0 Å². The van der Waals surface area contributed by atoms with E-state index in [0.29, 0.717) is 5.57 Å². The molecule has 0 aromatic carbocycles. The van der Waals surface area contributed by atoms with Gasteiger partial charge in [-0.15, -0.1) is 0 Å². The van der Waals surface area contributed by atoms with Crippen LogP contribution in [-0.4, -0.2) is 32.0 Å². The number of allylic oxidation sites excluding steroid dienone is 1. The van der Waals surface area contributed by atoms with Crippen LogP contribution in [0.5, 0.6) is 0 Å². The van der Waals surface area contributed by atoms with Crippen molar-refractivity contribution in [2.24, 2.45) is 5.73 Å². The molecule has 13 heavy (non-hydrogen) atoms. The van der Waals surface area contributed by atoms with Crippen molar-refractivity contribution in [3.05, 3.63) is 11.6 Å². The molecule has 0 atom stereocenters. The quantitative estimate of drug-likeness (QED) is 0.677. The fourth-order valence-corrected chi connectivity index (χ4v) is 0.461. The summed E-state index contributed by atoms with van der Waals surface area (Å²) < 4.78 is 0. The number of nitrogens with two attached hydrogens (primary N) is 1. The summed E-state index contributed by atoms with van der Waals surface area (Å²) in [6.07, 6.45) is 3.86. The van der Waals surface area contributed by atoms with Gasteiger partial charge in [-0.1, -0.05) is 19.4 Å². The highest BCUT2D eigenvalue weighted by Crippen LogP contribution is 1.95. The molecule has 0 saturated heterocycles. The third-order valence-corrected chi connectivity index (χ3v) is 1.13. The zero-order valence-electron chi connectivity index (χ0n) is 9.42. The van der Waals surface area contributed by atoms with Gasteiger partial charge in [-0.05, 0) is 34.5 Å². The smallest absolute Gasteiger partial charge is 0.244 e. The first-order valence-electron chi connectivity index (χ1n) is 4.49. The topological polar surface area (TPSA) is 46.3 Å². The van der Waals surface area contributed by atoms with Gasteiger partial charge in [-0.3, -0.25) is 4.79 Å². The molecular formula is C10H22N2O. The Morgan fingerprint density at radius 3 is 2.00 bits per heavy atom. The second kappa shape index (κ2) is 9.26. The number of hydrogen-bond acceptors (Lipinski definition) is 2. The highest BCUT2D eigenvalue weighted by molar-refractivity contribution is 5.91. The average molecular weight is 186 g/mol. The van der Waals surface area contributed by atoms with E-state index in [1.807, 2.05) is 32.1 Å². The van der Waals surface area contributed by atoms with E-state index in [1.54, 1.807) is 6.92 Å². The fourth-order valence-electron chi connectivity index (χ4n) is 0.461.